The van der Waals surface area contributed by atoms with Crippen LogP contribution in [0.25, 0.3) is 10.9 Å². The molecule has 0 atom stereocenters. The van der Waals surface area contributed by atoms with Gasteiger partial charge in [0, 0.05) is 18.7 Å². The maximum Gasteiger partial charge on any atom is 0.255 e. The van der Waals surface area contributed by atoms with Gasteiger partial charge in [-0.15, -0.1) is 0 Å². The molecule has 154 valence electrons. The van der Waals surface area contributed by atoms with Crippen molar-refractivity contribution in [2.24, 2.45) is 0 Å². The van der Waals surface area contributed by atoms with Crippen molar-refractivity contribution in [3.8, 4) is 0 Å². The van der Waals surface area contributed by atoms with Gasteiger partial charge in [0.1, 0.15) is 5.76 Å². The highest BCUT2D eigenvalue weighted by atomic mass is 16.3. The van der Waals surface area contributed by atoms with Crippen LogP contribution in [0.3, 0.4) is 0 Å². The van der Waals surface area contributed by atoms with E-state index in [0.29, 0.717) is 13.1 Å². The van der Waals surface area contributed by atoms with E-state index in [1.54, 1.807) is 6.26 Å². The molecular formula is C24H31N3O2. The fourth-order valence-electron chi connectivity index (χ4n) is 4.41. The molecular weight excluding hydrogens is 362 g/mol. The molecule has 4 rings (SSSR count). The summed E-state index contributed by atoms with van der Waals surface area (Å²) in [4.78, 5) is 17.7. The molecule has 3 aromatic rings. The summed E-state index contributed by atoms with van der Waals surface area (Å²) in [7, 11) is 6.19. The molecule has 29 heavy (non-hydrogen) atoms. The quantitative estimate of drug-likeness (QED) is 0.586. The van der Waals surface area contributed by atoms with E-state index in [1.807, 2.05) is 23.7 Å². The van der Waals surface area contributed by atoms with Crippen LogP contribution in [0.15, 0.2) is 45.8 Å². The van der Waals surface area contributed by atoms with Gasteiger partial charge in [0.2, 0.25) is 0 Å². The molecule has 1 aliphatic rings. The van der Waals surface area contributed by atoms with Crippen LogP contribution in [0.5, 0.6) is 0 Å². The largest absolute Gasteiger partial charge is 0.468 e. The minimum Gasteiger partial charge on any atom is -0.468 e. The van der Waals surface area contributed by atoms with E-state index >= 15 is 0 Å². The molecule has 5 nitrogen and oxygen atoms in total. The Balaban J connectivity index is 1.68. The maximum absolute atomic E-state index is 13.4. The van der Waals surface area contributed by atoms with E-state index in [1.165, 1.54) is 22.9 Å². The summed E-state index contributed by atoms with van der Waals surface area (Å²) >= 11 is 0. The molecule has 0 amide bonds. The van der Waals surface area contributed by atoms with Crippen LogP contribution >= 0.6 is 0 Å². The summed E-state index contributed by atoms with van der Waals surface area (Å²) in [6.45, 7) is 3.03. The Morgan fingerprint density at radius 2 is 1.86 bits per heavy atom. The third kappa shape index (κ3) is 4.46. The Hall–Kier alpha value is -2.37. The highest BCUT2D eigenvalue weighted by Crippen LogP contribution is 2.27. The molecule has 5 heteroatoms. The third-order valence-electron chi connectivity index (χ3n) is 5.81. The number of aromatic nitrogens is 1. The first-order valence-electron chi connectivity index (χ1n) is 10.5. The van der Waals surface area contributed by atoms with E-state index in [9.17, 15) is 4.79 Å². The topological polar surface area (TPSA) is 41.6 Å². The number of benzene rings is 1. The summed E-state index contributed by atoms with van der Waals surface area (Å²) in [6.07, 6.45) is 6.15. The lowest BCUT2D eigenvalue weighted by molar-refractivity contribution is 0.286. The van der Waals surface area contributed by atoms with Crippen molar-refractivity contribution >= 4 is 10.9 Å². The van der Waals surface area contributed by atoms with E-state index in [2.05, 4.69) is 42.1 Å². The van der Waals surface area contributed by atoms with Gasteiger partial charge in [0.15, 0.2) is 0 Å². The van der Waals surface area contributed by atoms with Gasteiger partial charge in [0.25, 0.3) is 5.56 Å². The van der Waals surface area contributed by atoms with Crippen LogP contribution < -0.4 is 5.56 Å². The molecule has 0 radical (unpaired) electrons. The Labute approximate surface area is 172 Å². The van der Waals surface area contributed by atoms with Crippen LogP contribution in [-0.2, 0) is 32.5 Å². The van der Waals surface area contributed by atoms with Crippen LogP contribution in [0, 0.1) is 0 Å². The Kier molecular flexibility index (Phi) is 5.88. The minimum absolute atomic E-state index is 0.139. The van der Waals surface area contributed by atoms with Gasteiger partial charge in [-0.05, 0) is 100 Å². The van der Waals surface area contributed by atoms with E-state index < -0.39 is 0 Å². The van der Waals surface area contributed by atoms with Gasteiger partial charge in [0.05, 0.1) is 18.3 Å². The first kappa shape index (κ1) is 19.9. The number of rotatable bonds is 8. The van der Waals surface area contributed by atoms with E-state index in [-0.39, 0.29) is 5.56 Å². The average Bonchev–Trinajstić information content (AvgIpc) is 3.34. The van der Waals surface area contributed by atoms with Crippen molar-refractivity contribution in [2.75, 3.05) is 27.7 Å². The second-order valence-corrected chi connectivity index (χ2v) is 8.57. The normalized spacial score (nSPS) is 13.7. The summed E-state index contributed by atoms with van der Waals surface area (Å²) in [5.41, 5.74) is 4.95. The zero-order valence-electron chi connectivity index (χ0n) is 17.8. The molecule has 2 aromatic heterocycles. The number of pyridine rings is 1. The predicted molar refractivity (Wildman–Crippen MR) is 117 cm³/mol. The Morgan fingerprint density at radius 3 is 2.59 bits per heavy atom. The van der Waals surface area contributed by atoms with Gasteiger partial charge < -0.3 is 13.9 Å². The predicted octanol–water partition coefficient (Wildman–Crippen LogP) is 3.67. The van der Waals surface area contributed by atoms with Crippen LogP contribution in [0.2, 0.25) is 0 Å². The second-order valence-electron chi connectivity index (χ2n) is 8.57. The molecule has 0 saturated carbocycles. The number of hydrogen-bond donors (Lipinski definition) is 0. The number of aryl methyl sites for hydroxylation is 3. The Bertz CT molecular complexity index is 1030. The summed E-state index contributed by atoms with van der Waals surface area (Å²) in [6, 6.07) is 10.6. The molecule has 0 bridgehead atoms. The average molecular weight is 394 g/mol. The lowest BCUT2D eigenvalue weighted by atomic mass is 10.0. The molecule has 0 saturated heterocycles. The first-order valence-corrected chi connectivity index (χ1v) is 10.5. The van der Waals surface area contributed by atoms with E-state index in [0.717, 1.165) is 49.2 Å². The number of fused-ring (bicyclic) bond motifs is 2. The fraction of sp³-hybridized carbons (Fsp3) is 0.458. The molecule has 2 heterocycles. The van der Waals surface area contributed by atoms with Crippen molar-refractivity contribution in [3.63, 3.8) is 0 Å². The van der Waals surface area contributed by atoms with Gasteiger partial charge >= 0.3 is 0 Å². The highest BCUT2D eigenvalue weighted by Gasteiger charge is 2.17. The first-order chi connectivity index (χ1) is 14.0. The zero-order chi connectivity index (χ0) is 20.4. The van der Waals surface area contributed by atoms with Crippen LogP contribution in [-0.4, -0.2) is 42.1 Å². The third-order valence-corrected chi connectivity index (χ3v) is 5.81. The molecule has 0 spiro atoms. The second kappa shape index (κ2) is 8.56. The molecule has 0 unspecified atom stereocenters. The summed E-state index contributed by atoms with van der Waals surface area (Å²) in [5, 5.41) is 1.19. The molecule has 0 aliphatic heterocycles. The standard InChI is InChI=1S/C24H31N3O2/c1-25(2)10-6-11-27-23-15-19-8-4-7-18(19)13-20(23)14-21(24(27)28)16-26(3)17-22-9-5-12-29-22/h5,9,12-15H,4,6-8,10-11,16-17H2,1-3H3. The van der Waals surface area contributed by atoms with Crippen molar-refractivity contribution < 1.29 is 4.42 Å². The van der Waals surface area contributed by atoms with E-state index in [4.69, 9.17) is 4.42 Å². The maximum atomic E-state index is 13.4. The molecule has 0 N–H and O–H groups in total. The van der Waals surface area contributed by atoms with Gasteiger partial charge in [-0.2, -0.15) is 0 Å². The monoisotopic (exact) mass is 393 g/mol. The highest BCUT2D eigenvalue weighted by molar-refractivity contribution is 5.82. The van der Waals surface area contributed by atoms with Crippen molar-refractivity contribution in [3.05, 3.63) is 69.4 Å². The molecule has 1 aliphatic carbocycles. The summed E-state index contributed by atoms with van der Waals surface area (Å²) < 4.78 is 7.47. The van der Waals surface area contributed by atoms with Crippen LogP contribution in [0.1, 0.15) is 35.3 Å². The SMILES string of the molecule is CN(C)CCCn1c(=O)c(CN(C)Cc2ccco2)cc2cc3c(cc21)CCC3. The van der Waals surface area contributed by atoms with Crippen LogP contribution in [0.4, 0.5) is 0 Å². The lowest BCUT2D eigenvalue weighted by Crippen LogP contribution is -2.29. The Morgan fingerprint density at radius 1 is 1.07 bits per heavy atom. The fourth-order valence-corrected chi connectivity index (χ4v) is 4.41. The van der Waals surface area contributed by atoms with Crippen molar-refractivity contribution in [2.45, 2.75) is 45.3 Å². The van der Waals surface area contributed by atoms with Gasteiger partial charge in [-0.25, -0.2) is 0 Å². The minimum atomic E-state index is 0.139. The lowest BCUT2D eigenvalue weighted by Gasteiger charge is -2.19. The number of hydrogen-bond acceptors (Lipinski definition) is 4. The number of nitrogens with zero attached hydrogens (tertiary/aromatic N) is 3. The molecule has 1 aromatic carbocycles. The van der Waals surface area contributed by atoms with Gasteiger partial charge in [-0.3, -0.25) is 9.69 Å². The summed E-state index contributed by atoms with van der Waals surface area (Å²) in [5.74, 6) is 0.914. The molecule has 0 fully saturated rings. The van der Waals surface area contributed by atoms with Crippen molar-refractivity contribution in [1.82, 2.24) is 14.4 Å². The van der Waals surface area contributed by atoms with Crippen molar-refractivity contribution in [1.29, 1.82) is 0 Å². The smallest absolute Gasteiger partial charge is 0.255 e. The zero-order valence-corrected chi connectivity index (χ0v) is 17.8. The van der Waals surface area contributed by atoms with Gasteiger partial charge in [-0.1, -0.05) is 0 Å². The number of furan rings is 1.